The third kappa shape index (κ3) is 2.83. The van der Waals surface area contributed by atoms with E-state index in [0.29, 0.717) is 29.6 Å². The molecule has 6 rings (SSSR count). The summed E-state index contributed by atoms with van der Waals surface area (Å²) < 4.78 is 13.2. The Bertz CT molecular complexity index is 781. The molecule has 2 aliphatic heterocycles. The molecular weight excluding hydrogens is 420 g/mol. The van der Waals surface area contributed by atoms with Crippen LogP contribution >= 0.6 is 0 Å². The van der Waals surface area contributed by atoms with Gasteiger partial charge in [-0.15, -0.1) is 0 Å². The Morgan fingerprint density at radius 2 is 1.55 bits per heavy atom. The predicted molar refractivity (Wildman–Crippen MR) is 122 cm³/mol. The zero-order valence-corrected chi connectivity index (χ0v) is 20.7. The summed E-state index contributed by atoms with van der Waals surface area (Å²) in [7, 11) is 0. The van der Waals surface area contributed by atoms with Crippen molar-refractivity contribution in [3.05, 3.63) is 0 Å². The molecule has 2 saturated heterocycles. The van der Waals surface area contributed by atoms with Gasteiger partial charge in [0, 0.05) is 17.8 Å². The highest BCUT2D eigenvalue weighted by Crippen LogP contribution is 2.71. The fourth-order valence-corrected chi connectivity index (χ4v) is 10.4. The van der Waals surface area contributed by atoms with E-state index in [9.17, 15) is 20.4 Å². The lowest BCUT2D eigenvalue weighted by Crippen LogP contribution is -2.68. The van der Waals surface area contributed by atoms with E-state index in [1.165, 1.54) is 6.42 Å². The van der Waals surface area contributed by atoms with Crippen molar-refractivity contribution < 1.29 is 29.9 Å². The molecule has 15 atom stereocenters. The van der Waals surface area contributed by atoms with E-state index in [0.717, 1.165) is 45.1 Å². The number of aliphatic hydroxyl groups excluding tert-OH is 4. The molecular formula is C27H44O6. The van der Waals surface area contributed by atoms with Gasteiger partial charge in [0.15, 0.2) is 5.79 Å². The van der Waals surface area contributed by atoms with E-state index >= 15 is 0 Å². The normalized spacial score (nSPS) is 64.7. The van der Waals surface area contributed by atoms with Gasteiger partial charge in [0.1, 0.15) is 12.2 Å². The minimum atomic E-state index is -1.29. The minimum Gasteiger partial charge on any atom is -0.390 e. The molecule has 0 aromatic heterocycles. The summed E-state index contributed by atoms with van der Waals surface area (Å²) in [6, 6.07) is 0. The second kappa shape index (κ2) is 7.39. The topological polar surface area (TPSA) is 99.4 Å². The summed E-state index contributed by atoms with van der Waals surface area (Å²) in [5, 5.41) is 42.9. The Kier molecular flexibility index (Phi) is 5.19. The highest BCUT2D eigenvalue weighted by atomic mass is 16.7. The van der Waals surface area contributed by atoms with Gasteiger partial charge in [-0.05, 0) is 79.4 Å². The van der Waals surface area contributed by atoms with Gasteiger partial charge in [-0.1, -0.05) is 27.7 Å². The summed E-state index contributed by atoms with van der Waals surface area (Å²) >= 11 is 0. The summed E-state index contributed by atoms with van der Waals surface area (Å²) in [6.45, 7) is 9.97. The van der Waals surface area contributed by atoms with Gasteiger partial charge >= 0.3 is 0 Å². The lowest BCUT2D eigenvalue weighted by atomic mass is 9.43. The van der Waals surface area contributed by atoms with E-state index in [1.54, 1.807) is 0 Å². The molecule has 4 saturated carbocycles. The first-order valence-corrected chi connectivity index (χ1v) is 13.6. The third-order valence-corrected chi connectivity index (χ3v) is 12.2. The first kappa shape index (κ1) is 23.2. The Labute approximate surface area is 198 Å². The van der Waals surface area contributed by atoms with Crippen molar-refractivity contribution in [2.75, 3.05) is 6.61 Å². The molecule has 0 aromatic rings. The summed E-state index contributed by atoms with van der Waals surface area (Å²) in [5.74, 6) is 2.14. The third-order valence-electron chi connectivity index (χ3n) is 12.2. The molecule has 6 aliphatic rings. The molecule has 6 heteroatoms. The quantitative estimate of drug-likeness (QED) is 0.440. The van der Waals surface area contributed by atoms with Crippen molar-refractivity contribution in [1.29, 1.82) is 0 Å². The van der Waals surface area contributed by atoms with Crippen molar-refractivity contribution in [3.8, 4) is 0 Å². The molecule has 0 bridgehead atoms. The number of ether oxygens (including phenoxy) is 2. The lowest BCUT2D eigenvalue weighted by molar-refractivity contribution is -0.276. The van der Waals surface area contributed by atoms with E-state index in [-0.39, 0.29) is 23.4 Å². The molecule has 2 heterocycles. The van der Waals surface area contributed by atoms with Crippen LogP contribution in [0.1, 0.15) is 72.6 Å². The largest absolute Gasteiger partial charge is 0.390 e. The maximum Gasteiger partial charge on any atom is 0.171 e. The van der Waals surface area contributed by atoms with Gasteiger partial charge in [-0.25, -0.2) is 0 Å². The van der Waals surface area contributed by atoms with Crippen LogP contribution in [-0.4, -0.2) is 63.3 Å². The van der Waals surface area contributed by atoms with E-state index in [2.05, 4.69) is 27.7 Å². The standard InChI is InChI=1S/C27H44O6/c1-13-7-10-27(32-12-13)14(2)20-19(33-27)11-18-15-5-6-17-21(28)22(29)23(30)24(31)26(17,4)16(15)8-9-25(18,20)3/h13-24,28-31H,5-12H2,1-4H3/t13-,14+,15-,16+,17-,18+,19+,20-,21+,22+,23+,24+,25+,26-,27-/m1/s1. The van der Waals surface area contributed by atoms with Gasteiger partial charge in [-0.3, -0.25) is 0 Å². The molecule has 4 aliphatic carbocycles. The van der Waals surface area contributed by atoms with Crippen LogP contribution in [0.25, 0.3) is 0 Å². The maximum absolute atomic E-state index is 11.2. The Morgan fingerprint density at radius 3 is 2.24 bits per heavy atom. The van der Waals surface area contributed by atoms with Crippen LogP contribution in [0.4, 0.5) is 0 Å². The molecule has 0 unspecified atom stereocenters. The molecule has 0 radical (unpaired) electrons. The summed E-state index contributed by atoms with van der Waals surface area (Å²) in [6.07, 6.45) is 2.83. The zero-order chi connectivity index (χ0) is 23.5. The monoisotopic (exact) mass is 464 g/mol. The molecule has 4 N–H and O–H groups in total. The molecule has 1 spiro atoms. The molecule has 6 fully saturated rings. The highest BCUT2D eigenvalue weighted by molar-refractivity contribution is 5.18. The van der Waals surface area contributed by atoms with E-state index in [4.69, 9.17) is 9.47 Å². The molecule has 0 amide bonds. The fraction of sp³-hybridized carbons (Fsp3) is 1.00. The van der Waals surface area contributed by atoms with E-state index < -0.39 is 35.6 Å². The van der Waals surface area contributed by atoms with Gasteiger partial charge in [0.25, 0.3) is 0 Å². The average Bonchev–Trinajstić information content (AvgIpc) is 3.23. The summed E-state index contributed by atoms with van der Waals surface area (Å²) in [4.78, 5) is 0. The Balaban J connectivity index is 1.29. The van der Waals surface area contributed by atoms with Crippen LogP contribution in [0.15, 0.2) is 0 Å². The zero-order valence-electron chi connectivity index (χ0n) is 20.7. The van der Waals surface area contributed by atoms with Crippen LogP contribution in [0.2, 0.25) is 0 Å². The predicted octanol–water partition coefficient (Wildman–Crippen LogP) is 2.71. The van der Waals surface area contributed by atoms with Gasteiger partial charge in [0.05, 0.1) is 24.9 Å². The van der Waals surface area contributed by atoms with Gasteiger partial charge < -0.3 is 29.9 Å². The minimum absolute atomic E-state index is 0.173. The number of aliphatic hydroxyl groups is 4. The number of hydrogen-bond donors (Lipinski definition) is 4. The number of fused-ring (bicyclic) bond motifs is 7. The van der Waals surface area contributed by atoms with Crippen molar-refractivity contribution in [2.24, 2.45) is 52.3 Å². The Morgan fingerprint density at radius 1 is 0.788 bits per heavy atom. The maximum atomic E-state index is 11.2. The van der Waals surface area contributed by atoms with Crippen LogP contribution in [-0.2, 0) is 9.47 Å². The van der Waals surface area contributed by atoms with Gasteiger partial charge in [-0.2, -0.15) is 0 Å². The second-order valence-corrected chi connectivity index (χ2v) is 13.4. The summed E-state index contributed by atoms with van der Waals surface area (Å²) in [5.41, 5.74) is -0.378. The fourth-order valence-electron chi connectivity index (χ4n) is 10.4. The Hall–Kier alpha value is -0.240. The number of rotatable bonds is 0. The highest BCUT2D eigenvalue weighted by Gasteiger charge is 2.71. The van der Waals surface area contributed by atoms with Gasteiger partial charge in [0.2, 0.25) is 0 Å². The molecule has 0 aromatic carbocycles. The first-order chi connectivity index (χ1) is 15.5. The van der Waals surface area contributed by atoms with E-state index in [1.807, 2.05) is 0 Å². The average molecular weight is 465 g/mol. The van der Waals surface area contributed by atoms with Crippen LogP contribution in [0, 0.1) is 52.3 Å². The molecule has 6 nitrogen and oxygen atoms in total. The second-order valence-electron chi connectivity index (χ2n) is 13.4. The number of hydrogen-bond acceptors (Lipinski definition) is 6. The SMILES string of the molecule is C[C@@H]1CC[C@@]2(OC1)O[C@H]1C[C@H]3[C@@H]4CC[C@@H]5[C@H](O)[C@H](O)[C@H](O)[C@H](O)[C@]5(C)[C@H]4CC[C@]3(C)[C@@H]1[C@@H]2C. The van der Waals surface area contributed by atoms with Crippen molar-refractivity contribution in [3.63, 3.8) is 0 Å². The lowest BCUT2D eigenvalue weighted by Gasteiger charge is -2.64. The first-order valence-electron chi connectivity index (χ1n) is 13.6. The van der Waals surface area contributed by atoms with Crippen LogP contribution < -0.4 is 0 Å². The van der Waals surface area contributed by atoms with Crippen molar-refractivity contribution in [1.82, 2.24) is 0 Å². The smallest absolute Gasteiger partial charge is 0.171 e. The van der Waals surface area contributed by atoms with Crippen LogP contribution in [0.5, 0.6) is 0 Å². The van der Waals surface area contributed by atoms with Crippen LogP contribution in [0.3, 0.4) is 0 Å². The molecule has 33 heavy (non-hydrogen) atoms. The molecule has 188 valence electrons. The van der Waals surface area contributed by atoms with Crippen molar-refractivity contribution >= 4 is 0 Å². The van der Waals surface area contributed by atoms with Crippen molar-refractivity contribution in [2.45, 2.75) is 109 Å².